The SMILES string of the molecule is O=C(Cc1ccc(-c2ccc(Cl)cc2)s1)NCCCn1ccnc1. The van der Waals surface area contributed by atoms with Crippen molar-refractivity contribution >= 4 is 28.8 Å². The van der Waals surface area contributed by atoms with Gasteiger partial charge in [0.25, 0.3) is 0 Å². The number of carbonyl (C=O) groups excluding carboxylic acids is 1. The van der Waals surface area contributed by atoms with Crippen LogP contribution in [0.25, 0.3) is 10.4 Å². The minimum atomic E-state index is 0.0603. The fourth-order valence-electron chi connectivity index (χ4n) is 2.37. The molecule has 124 valence electrons. The van der Waals surface area contributed by atoms with E-state index in [1.54, 1.807) is 23.9 Å². The first-order valence-electron chi connectivity index (χ1n) is 7.78. The summed E-state index contributed by atoms with van der Waals surface area (Å²) in [6, 6.07) is 11.8. The lowest BCUT2D eigenvalue weighted by Gasteiger charge is -2.05. The third-order valence-electron chi connectivity index (χ3n) is 3.60. The summed E-state index contributed by atoms with van der Waals surface area (Å²) in [6.07, 6.45) is 6.77. The molecule has 0 fully saturated rings. The number of hydrogen-bond donors (Lipinski definition) is 1. The zero-order valence-corrected chi connectivity index (χ0v) is 14.7. The molecule has 2 heterocycles. The lowest BCUT2D eigenvalue weighted by molar-refractivity contribution is -0.120. The van der Waals surface area contributed by atoms with Crippen LogP contribution in [-0.2, 0) is 17.8 Å². The molecule has 0 bridgehead atoms. The second-order valence-corrected chi connectivity index (χ2v) is 7.06. The molecule has 0 atom stereocenters. The Kier molecular flexibility index (Phi) is 5.67. The van der Waals surface area contributed by atoms with Crippen LogP contribution < -0.4 is 5.32 Å². The average molecular weight is 360 g/mol. The summed E-state index contributed by atoms with van der Waals surface area (Å²) in [5.74, 6) is 0.0603. The van der Waals surface area contributed by atoms with Crippen molar-refractivity contribution in [3.63, 3.8) is 0 Å². The smallest absolute Gasteiger partial charge is 0.225 e. The number of hydrogen-bond acceptors (Lipinski definition) is 3. The van der Waals surface area contributed by atoms with Crippen LogP contribution in [0.3, 0.4) is 0 Å². The van der Waals surface area contributed by atoms with Gasteiger partial charge >= 0.3 is 0 Å². The van der Waals surface area contributed by atoms with Gasteiger partial charge in [-0.25, -0.2) is 4.98 Å². The number of halogens is 1. The number of benzene rings is 1. The molecule has 0 aliphatic heterocycles. The van der Waals surface area contributed by atoms with E-state index in [1.165, 1.54) is 0 Å². The first kappa shape index (κ1) is 16.7. The number of thiophene rings is 1. The van der Waals surface area contributed by atoms with Crippen molar-refractivity contribution in [3.05, 3.63) is 65.0 Å². The van der Waals surface area contributed by atoms with Crippen LogP contribution in [0.2, 0.25) is 5.02 Å². The standard InChI is InChI=1S/C18H18ClN3OS/c19-15-4-2-14(3-5-15)17-7-6-16(24-17)12-18(23)21-8-1-10-22-11-9-20-13-22/h2-7,9,11,13H,1,8,10,12H2,(H,21,23). The summed E-state index contributed by atoms with van der Waals surface area (Å²) < 4.78 is 2.00. The lowest BCUT2D eigenvalue weighted by Crippen LogP contribution is -2.26. The fraction of sp³-hybridized carbons (Fsp3) is 0.222. The van der Waals surface area contributed by atoms with Gasteiger partial charge in [-0.1, -0.05) is 23.7 Å². The largest absolute Gasteiger partial charge is 0.356 e. The van der Waals surface area contributed by atoms with E-state index >= 15 is 0 Å². The van der Waals surface area contributed by atoms with Crippen molar-refractivity contribution in [2.75, 3.05) is 6.54 Å². The van der Waals surface area contributed by atoms with Crippen LogP contribution in [0.1, 0.15) is 11.3 Å². The molecule has 0 aliphatic carbocycles. The van der Waals surface area contributed by atoms with Crippen molar-refractivity contribution in [3.8, 4) is 10.4 Å². The molecule has 1 amide bonds. The van der Waals surface area contributed by atoms with Gasteiger partial charge in [-0.2, -0.15) is 0 Å². The number of aromatic nitrogens is 2. The van der Waals surface area contributed by atoms with Crippen LogP contribution in [0.4, 0.5) is 0 Å². The maximum absolute atomic E-state index is 12.0. The van der Waals surface area contributed by atoms with Gasteiger partial charge in [-0.3, -0.25) is 4.79 Å². The topological polar surface area (TPSA) is 46.9 Å². The van der Waals surface area contributed by atoms with Gasteiger partial charge < -0.3 is 9.88 Å². The average Bonchev–Trinajstić information content (AvgIpc) is 3.24. The maximum atomic E-state index is 12.0. The van der Waals surface area contributed by atoms with Crippen LogP contribution in [0.15, 0.2) is 55.1 Å². The number of carbonyl (C=O) groups is 1. The molecule has 3 rings (SSSR count). The fourth-order valence-corrected chi connectivity index (χ4v) is 3.51. The van der Waals surface area contributed by atoms with Crippen molar-refractivity contribution in [1.29, 1.82) is 0 Å². The molecule has 0 saturated heterocycles. The number of rotatable bonds is 7. The number of imidazole rings is 1. The summed E-state index contributed by atoms with van der Waals surface area (Å²) in [6.45, 7) is 1.53. The third kappa shape index (κ3) is 4.69. The minimum Gasteiger partial charge on any atom is -0.356 e. The lowest BCUT2D eigenvalue weighted by atomic mass is 10.2. The Morgan fingerprint density at radius 3 is 2.79 bits per heavy atom. The Morgan fingerprint density at radius 2 is 2.04 bits per heavy atom. The monoisotopic (exact) mass is 359 g/mol. The van der Waals surface area contributed by atoms with Gasteiger partial charge in [0.1, 0.15) is 0 Å². The highest BCUT2D eigenvalue weighted by Crippen LogP contribution is 2.29. The normalized spacial score (nSPS) is 10.7. The third-order valence-corrected chi connectivity index (χ3v) is 4.99. The summed E-state index contributed by atoms with van der Waals surface area (Å²) in [7, 11) is 0. The highest BCUT2D eigenvalue weighted by molar-refractivity contribution is 7.15. The molecule has 24 heavy (non-hydrogen) atoms. The molecule has 0 spiro atoms. The van der Waals surface area contributed by atoms with E-state index in [4.69, 9.17) is 11.6 Å². The zero-order chi connectivity index (χ0) is 16.8. The first-order valence-corrected chi connectivity index (χ1v) is 8.97. The molecule has 0 saturated carbocycles. The molecular formula is C18H18ClN3OS. The Morgan fingerprint density at radius 1 is 1.21 bits per heavy atom. The second-order valence-electron chi connectivity index (χ2n) is 5.45. The van der Waals surface area contributed by atoms with Gasteiger partial charge in [0.05, 0.1) is 12.7 Å². The van der Waals surface area contributed by atoms with Crippen molar-refractivity contribution in [2.45, 2.75) is 19.4 Å². The van der Waals surface area contributed by atoms with Gasteiger partial charge in [0, 0.05) is 40.3 Å². The molecular weight excluding hydrogens is 342 g/mol. The molecule has 1 N–H and O–H groups in total. The van der Waals surface area contributed by atoms with Gasteiger partial charge in [-0.05, 0) is 36.2 Å². The van der Waals surface area contributed by atoms with Gasteiger partial charge in [0.15, 0.2) is 0 Å². The Labute approximate surface area is 150 Å². The van der Waals surface area contributed by atoms with Gasteiger partial charge in [0.2, 0.25) is 5.91 Å². The molecule has 4 nitrogen and oxygen atoms in total. The van der Waals surface area contributed by atoms with Crippen molar-refractivity contribution in [2.24, 2.45) is 0 Å². The van der Waals surface area contributed by atoms with Crippen LogP contribution in [-0.4, -0.2) is 22.0 Å². The Bertz CT molecular complexity index is 781. The summed E-state index contributed by atoms with van der Waals surface area (Å²) in [4.78, 5) is 18.2. The quantitative estimate of drug-likeness (QED) is 0.648. The predicted molar refractivity (Wildman–Crippen MR) is 98.3 cm³/mol. The Balaban J connectivity index is 1.45. The number of nitrogens with zero attached hydrogens (tertiary/aromatic N) is 2. The first-order chi connectivity index (χ1) is 11.7. The van der Waals surface area contributed by atoms with E-state index < -0.39 is 0 Å². The summed E-state index contributed by atoms with van der Waals surface area (Å²) in [5.41, 5.74) is 1.12. The maximum Gasteiger partial charge on any atom is 0.225 e. The van der Waals surface area contributed by atoms with E-state index in [-0.39, 0.29) is 5.91 Å². The van der Waals surface area contributed by atoms with Crippen LogP contribution in [0, 0.1) is 0 Å². The highest BCUT2D eigenvalue weighted by Gasteiger charge is 2.07. The zero-order valence-electron chi connectivity index (χ0n) is 13.1. The van der Waals surface area contributed by atoms with E-state index in [2.05, 4.69) is 16.4 Å². The number of nitrogens with one attached hydrogen (secondary N) is 1. The van der Waals surface area contributed by atoms with Gasteiger partial charge in [-0.15, -0.1) is 11.3 Å². The summed E-state index contributed by atoms with van der Waals surface area (Å²) in [5, 5.41) is 3.69. The molecule has 0 aliphatic rings. The number of aryl methyl sites for hydroxylation is 1. The van der Waals surface area contributed by atoms with Crippen LogP contribution >= 0.6 is 22.9 Å². The van der Waals surface area contributed by atoms with E-state index in [0.29, 0.717) is 13.0 Å². The molecule has 1 aromatic carbocycles. The van der Waals surface area contributed by atoms with Crippen LogP contribution in [0.5, 0.6) is 0 Å². The van der Waals surface area contributed by atoms with E-state index in [9.17, 15) is 4.79 Å². The summed E-state index contributed by atoms with van der Waals surface area (Å²) >= 11 is 7.55. The van der Waals surface area contributed by atoms with E-state index in [0.717, 1.165) is 33.3 Å². The molecule has 6 heteroatoms. The molecule has 3 aromatic rings. The Hall–Kier alpha value is -2.11. The second kappa shape index (κ2) is 8.13. The minimum absolute atomic E-state index is 0.0603. The molecule has 0 unspecified atom stereocenters. The van der Waals surface area contributed by atoms with Crippen molar-refractivity contribution < 1.29 is 4.79 Å². The van der Waals surface area contributed by atoms with E-state index in [1.807, 2.05) is 41.1 Å². The van der Waals surface area contributed by atoms with Crippen molar-refractivity contribution in [1.82, 2.24) is 14.9 Å². The number of amides is 1. The molecule has 0 radical (unpaired) electrons. The predicted octanol–water partition coefficient (Wildman–Crippen LogP) is 4.01. The molecule has 2 aromatic heterocycles. The highest BCUT2D eigenvalue weighted by atomic mass is 35.5.